The number of hydrogen-bond donors (Lipinski definition) is 0. The molecule has 1 fully saturated rings. The Hall–Kier alpha value is -1.31. The average Bonchev–Trinajstić information content (AvgIpc) is 2.81. The van der Waals surface area contributed by atoms with Gasteiger partial charge in [-0.2, -0.15) is 0 Å². The number of hydrogen-bond acceptors (Lipinski definition) is 1. The highest BCUT2D eigenvalue weighted by Crippen LogP contribution is 2.22. The van der Waals surface area contributed by atoms with Gasteiger partial charge in [0.25, 0.3) is 5.91 Å². The van der Waals surface area contributed by atoms with Crippen molar-refractivity contribution in [2.75, 3.05) is 13.1 Å². The first kappa shape index (κ1) is 12.2. The summed E-state index contributed by atoms with van der Waals surface area (Å²) in [4.78, 5) is 14.2. The molecule has 0 aliphatic carbocycles. The van der Waals surface area contributed by atoms with E-state index in [9.17, 15) is 4.79 Å². The zero-order chi connectivity index (χ0) is 12.4. The van der Waals surface area contributed by atoms with Crippen molar-refractivity contribution in [3.63, 3.8) is 0 Å². The van der Waals surface area contributed by atoms with E-state index in [0.29, 0.717) is 5.92 Å². The van der Waals surface area contributed by atoms with Crippen LogP contribution >= 0.6 is 0 Å². The summed E-state index contributed by atoms with van der Waals surface area (Å²) < 4.78 is 0. The monoisotopic (exact) mass is 231 g/mol. The first-order chi connectivity index (χ1) is 8.09. The Morgan fingerprint density at radius 3 is 2.47 bits per heavy atom. The van der Waals surface area contributed by atoms with Gasteiger partial charge in [0.05, 0.1) is 0 Å². The summed E-state index contributed by atoms with van der Waals surface area (Å²) in [7, 11) is 0. The molecule has 0 atom stereocenters. The average molecular weight is 231 g/mol. The van der Waals surface area contributed by atoms with Crippen LogP contribution in [0.25, 0.3) is 0 Å². The third-order valence-electron chi connectivity index (χ3n) is 3.54. The van der Waals surface area contributed by atoms with Crippen LogP contribution in [0.5, 0.6) is 0 Å². The smallest absolute Gasteiger partial charge is 0.253 e. The Balaban J connectivity index is 2.26. The lowest BCUT2D eigenvalue weighted by atomic mass is 9.95. The lowest BCUT2D eigenvalue weighted by Gasteiger charge is -2.17. The van der Waals surface area contributed by atoms with Gasteiger partial charge in [-0.3, -0.25) is 4.79 Å². The number of rotatable bonds is 2. The Kier molecular flexibility index (Phi) is 3.51. The quantitative estimate of drug-likeness (QED) is 0.764. The summed E-state index contributed by atoms with van der Waals surface area (Å²) in [5.41, 5.74) is 3.41. The number of likely N-dealkylation sites (tertiary alicyclic amines) is 1. The van der Waals surface area contributed by atoms with Gasteiger partial charge < -0.3 is 4.90 Å². The van der Waals surface area contributed by atoms with Gasteiger partial charge in [-0.05, 0) is 48.9 Å². The number of nitrogens with zero attached hydrogens (tertiary/aromatic N) is 1. The summed E-state index contributed by atoms with van der Waals surface area (Å²) >= 11 is 0. The fourth-order valence-corrected chi connectivity index (χ4v) is 2.50. The van der Waals surface area contributed by atoms with Gasteiger partial charge in [0.1, 0.15) is 0 Å². The topological polar surface area (TPSA) is 20.3 Å². The summed E-state index contributed by atoms with van der Waals surface area (Å²) in [6, 6.07) is 6.10. The van der Waals surface area contributed by atoms with Crippen LogP contribution < -0.4 is 0 Å². The van der Waals surface area contributed by atoms with E-state index < -0.39 is 0 Å². The van der Waals surface area contributed by atoms with Gasteiger partial charge in [-0.25, -0.2) is 0 Å². The molecule has 1 aromatic rings. The van der Waals surface area contributed by atoms with E-state index in [1.807, 2.05) is 11.0 Å². The SMILES string of the molecule is Cc1ccc(C(=O)N2CCCC2)cc1C(C)C. The molecule has 1 amide bonds. The third kappa shape index (κ3) is 2.51. The molecule has 1 aliphatic rings. The normalized spacial score (nSPS) is 15.6. The van der Waals surface area contributed by atoms with Crippen molar-refractivity contribution in [2.45, 2.75) is 39.5 Å². The van der Waals surface area contributed by atoms with Crippen LogP contribution in [0.15, 0.2) is 18.2 Å². The molecule has 92 valence electrons. The Labute approximate surface area is 104 Å². The third-order valence-corrected chi connectivity index (χ3v) is 3.54. The molecule has 1 aliphatic heterocycles. The maximum absolute atomic E-state index is 12.3. The van der Waals surface area contributed by atoms with Crippen LogP contribution in [-0.4, -0.2) is 23.9 Å². The molecule has 2 nitrogen and oxygen atoms in total. The van der Waals surface area contributed by atoms with E-state index in [1.165, 1.54) is 11.1 Å². The van der Waals surface area contributed by atoms with Gasteiger partial charge in [0, 0.05) is 18.7 Å². The summed E-state index contributed by atoms with van der Waals surface area (Å²) in [5.74, 6) is 0.672. The molecule has 2 rings (SSSR count). The lowest BCUT2D eigenvalue weighted by Crippen LogP contribution is -2.27. The fourth-order valence-electron chi connectivity index (χ4n) is 2.50. The zero-order valence-corrected chi connectivity index (χ0v) is 11.0. The molecule has 0 N–H and O–H groups in total. The van der Waals surface area contributed by atoms with Crippen LogP contribution in [0.4, 0.5) is 0 Å². The maximum Gasteiger partial charge on any atom is 0.253 e. The summed E-state index contributed by atoms with van der Waals surface area (Å²) in [6.07, 6.45) is 2.29. The van der Waals surface area contributed by atoms with Gasteiger partial charge >= 0.3 is 0 Å². The molecule has 1 aromatic carbocycles. The minimum Gasteiger partial charge on any atom is -0.339 e. The van der Waals surface area contributed by atoms with Crippen molar-refractivity contribution in [1.29, 1.82) is 0 Å². The molecule has 1 saturated heterocycles. The molecule has 0 aromatic heterocycles. The number of carbonyl (C=O) groups excluding carboxylic acids is 1. The Morgan fingerprint density at radius 2 is 1.88 bits per heavy atom. The Bertz CT molecular complexity index is 417. The van der Waals surface area contributed by atoms with E-state index in [0.717, 1.165) is 31.5 Å². The van der Waals surface area contributed by atoms with Gasteiger partial charge in [0.15, 0.2) is 0 Å². The number of aryl methyl sites for hydroxylation is 1. The molecule has 0 bridgehead atoms. The van der Waals surface area contributed by atoms with Crippen LogP contribution in [0.2, 0.25) is 0 Å². The summed E-state index contributed by atoms with van der Waals surface area (Å²) in [6.45, 7) is 8.30. The van der Waals surface area contributed by atoms with Crippen LogP contribution in [0.1, 0.15) is 54.1 Å². The molecule has 1 heterocycles. The first-order valence-electron chi connectivity index (χ1n) is 6.49. The minimum atomic E-state index is 0.199. The molecule has 2 heteroatoms. The Morgan fingerprint density at radius 1 is 1.24 bits per heavy atom. The minimum absolute atomic E-state index is 0.199. The van der Waals surface area contributed by atoms with Gasteiger partial charge in [0.2, 0.25) is 0 Å². The van der Waals surface area contributed by atoms with Crippen molar-refractivity contribution < 1.29 is 4.79 Å². The molecular weight excluding hydrogens is 210 g/mol. The number of benzene rings is 1. The molecule has 0 spiro atoms. The van der Waals surface area contributed by atoms with E-state index in [4.69, 9.17) is 0 Å². The second-order valence-corrected chi connectivity index (χ2v) is 5.23. The van der Waals surface area contributed by atoms with Crippen LogP contribution in [0.3, 0.4) is 0 Å². The largest absolute Gasteiger partial charge is 0.339 e. The second-order valence-electron chi connectivity index (χ2n) is 5.23. The second kappa shape index (κ2) is 4.91. The fraction of sp³-hybridized carbons (Fsp3) is 0.533. The number of amides is 1. The standard InChI is InChI=1S/C15H21NO/c1-11(2)14-10-13(7-6-12(14)3)15(17)16-8-4-5-9-16/h6-7,10-11H,4-5,8-9H2,1-3H3. The predicted molar refractivity (Wildman–Crippen MR) is 70.4 cm³/mol. The molecule has 0 saturated carbocycles. The van der Waals surface area contributed by atoms with Gasteiger partial charge in [-0.15, -0.1) is 0 Å². The van der Waals surface area contributed by atoms with Crippen molar-refractivity contribution in [1.82, 2.24) is 4.90 Å². The highest BCUT2D eigenvalue weighted by atomic mass is 16.2. The van der Waals surface area contributed by atoms with Crippen LogP contribution in [0, 0.1) is 6.92 Å². The van der Waals surface area contributed by atoms with E-state index in [1.54, 1.807) is 0 Å². The van der Waals surface area contributed by atoms with Crippen LogP contribution in [-0.2, 0) is 0 Å². The highest BCUT2D eigenvalue weighted by molar-refractivity contribution is 5.94. The highest BCUT2D eigenvalue weighted by Gasteiger charge is 2.20. The maximum atomic E-state index is 12.3. The van der Waals surface area contributed by atoms with Crippen molar-refractivity contribution >= 4 is 5.91 Å². The predicted octanol–water partition coefficient (Wildman–Crippen LogP) is 3.35. The molecule has 0 unspecified atom stereocenters. The zero-order valence-electron chi connectivity index (χ0n) is 11.0. The molecular formula is C15H21NO. The van der Waals surface area contributed by atoms with E-state index in [2.05, 4.69) is 32.9 Å². The summed E-state index contributed by atoms with van der Waals surface area (Å²) in [5, 5.41) is 0. The first-order valence-corrected chi connectivity index (χ1v) is 6.49. The van der Waals surface area contributed by atoms with Gasteiger partial charge in [-0.1, -0.05) is 19.9 Å². The number of carbonyl (C=O) groups is 1. The van der Waals surface area contributed by atoms with E-state index in [-0.39, 0.29) is 5.91 Å². The van der Waals surface area contributed by atoms with E-state index >= 15 is 0 Å². The molecule has 17 heavy (non-hydrogen) atoms. The molecule has 0 radical (unpaired) electrons. The lowest BCUT2D eigenvalue weighted by molar-refractivity contribution is 0.0792. The van der Waals surface area contributed by atoms with Crippen molar-refractivity contribution in [2.24, 2.45) is 0 Å². The van der Waals surface area contributed by atoms with Crippen molar-refractivity contribution in [3.05, 3.63) is 34.9 Å². The van der Waals surface area contributed by atoms with Crippen molar-refractivity contribution in [3.8, 4) is 0 Å².